The second-order valence-corrected chi connectivity index (χ2v) is 6.82. The van der Waals surface area contributed by atoms with Crippen LogP contribution in [-0.2, 0) is 16.1 Å². The van der Waals surface area contributed by atoms with Crippen molar-refractivity contribution >= 4 is 5.91 Å². The van der Waals surface area contributed by atoms with Crippen LogP contribution in [-0.4, -0.2) is 66.7 Å². The molecule has 1 unspecified atom stereocenters. The Labute approximate surface area is 144 Å². The SMILES string of the molecule is Cc1cc(=O)cc(C)n1CCCC(=O)N1CCOC(CN(C)C)C1. The lowest BCUT2D eigenvalue weighted by molar-refractivity contribution is -0.139. The fourth-order valence-corrected chi connectivity index (χ4v) is 3.25. The van der Waals surface area contributed by atoms with Gasteiger partial charge in [0.2, 0.25) is 5.91 Å². The molecule has 0 aromatic carbocycles. The molecule has 0 spiro atoms. The van der Waals surface area contributed by atoms with Gasteiger partial charge in [-0.05, 0) is 34.4 Å². The van der Waals surface area contributed by atoms with E-state index >= 15 is 0 Å². The molecule has 6 heteroatoms. The molecule has 2 heterocycles. The Kier molecular flexibility index (Phi) is 6.57. The van der Waals surface area contributed by atoms with Crippen LogP contribution in [0.2, 0.25) is 0 Å². The van der Waals surface area contributed by atoms with Gasteiger partial charge in [0.15, 0.2) is 5.43 Å². The van der Waals surface area contributed by atoms with Crippen LogP contribution in [0.25, 0.3) is 0 Å². The van der Waals surface area contributed by atoms with Gasteiger partial charge < -0.3 is 19.1 Å². The number of amides is 1. The van der Waals surface area contributed by atoms with Gasteiger partial charge in [0.25, 0.3) is 0 Å². The van der Waals surface area contributed by atoms with E-state index in [1.807, 2.05) is 32.8 Å². The smallest absolute Gasteiger partial charge is 0.222 e. The molecule has 1 saturated heterocycles. The van der Waals surface area contributed by atoms with Crippen LogP contribution >= 0.6 is 0 Å². The van der Waals surface area contributed by atoms with Gasteiger partial charge in [-0.1, -0.05) is 0 Å². The zero-order chi connectivity index (χ0) is 17.7. The molecule has 1 aliphatic rings. The fourth-order valence-electron chi connectivity index (χ4n) is 3.25. The number of carbonyl (C=O) groups excluding carboxylic acids is 1. The molecule has 1 atom stereocenters. The van der Waals surface area contributed by atoms with E-state index in [9.17, 15) is 9.59 Å². The maximum Gasteiger partial charge on any atom is 0.222 e. The van der Waals surface area contributed by atoms with E-state index in [0.717, 1.165) is 30.9 Å². The first-order valence-electron chi connectivity index (χ1n) is 8.59. The van der Waals surface area contributed by atoms with Gasteiger partial charge in [-0.3, -0.25) is 9.59 Å². The maximum absolute atomic E-state index is 12.4. The summed E-state index contributed by atoms with van der Waals surface area (Å²) in [6, 6.07) is 3.28. The summed E-state index contributed by atoms with van der Waals surface area (Å²) in [5.41, 5.74) is 1.94. The largest absolute Gasteiger partial charge is 0.373 e. The van der Waals surface area contributed by atoms with Crippen molar-refractivity contribution in [2.45, 2.75) is 39.3 Å². The molecule has 0 bridgehead atoms. The lowest BCUT2D eigenvalue weighted by Gasteiger charge is -2.34. The zero-order valence-corrected chi connectivity index (χ0v) is 15.2. The van der Waals surface area contributed by atoms with Crippen LogP contribution in [0.1, 0.15) is 24.2 Å². The van der Waals surface area contributed by atoms with Crippen LogP contribution in [0.4, 0.5) is 0 Å². The molecule has 1 aromatic heterocycles. The zero-order valence-electron chi connectivity index (χ0n) is 15.2. The molecule has 0 N–H and O–H groups in total. The van der Waals surface area contributed by atoms with Gasteiger partial charge in [-0.15, -0.1) is 0 Å². The van der Waals surface area contributed by atoms with Crippen LogP contribution in [0.15, 0.2) is 16.9 Å². The fraction of sp³-hybridized carbons (Fsp3) is 0.667. The predicted molar refractivity (Wildman–Crippen MR) is 94.3 cm³/mol. The number of nitrogens with zero attached hydrogens (tertiary/aromatic N) is 3. The molecule has 134 valence electrons. The van der Waals surface area contributed by atoms with Crippen molar-refractivity contribution in [2.75, 3.05) is 40.3 Å². The summed E-state index contributed by atoms with van der Waals surface area (Å²) < 4.78 is 7.82. The number of aryl methyl sites for hydroxylation is 2. The molecule has 1 aliphatic heterocycles. The normalized spacial score (nSPS) is 18.2. The Balaban J connectivity index is 1.84. The summed E-state index contributed by atoms with van der Waals surface area (Å²) in [7, 11) is 4.03. The quantitative estimate of drug-likeness (QED) is 0.779. The summed E-state index contributed by atoms with van der Waals surface area (Å²) in [4.78, 5) is 27.9. The van der Waals surface area contributed by atoms with Crippen molar-refractivity contribution in [3.8, 4) is 0 Å². The van der Waals surface area contributed by atoms with E-state index in [4.69, 9.17) is 4.74 Å². The minimum atomic E-state index is 0.0394. The monoisotopic (exact) mass is 335 g/mol. The first-order chi connectivity index (χ1) is 11.4. The third-order valence-corrected chi connectivity index (χ3v) is 4.39. The Hall–Kier alpha value is -1.66. The molecule has 1 amide bonds. The number of hydrogen-bond acceptors (Lipinski definition) is 4. The molecule has 6 nitrogen and oxygen atoms in total. The lowest BCUT2D eigenvalue weighted by atomic mass is 10.2. The van der Waals surface area contributed by atoms with Crippen molar-refractivity contribution in [1.82, 2.24) is 14.4 Å². The molecule has 1 fully saturated rings. The van der Waals surface area contributed by atoms with Crippen molar-refractivity contribution in [1.29, 1.82) is 0 Å². The lowest BCUT2D eigenvalue weighted by Crippen LogP contribution is -2.48. The van der Waals surface area contributed by atoms with E-state index in [1.165, 1.54) is 0 Å². The maximum atomic E-state index is 12.4. The van der Waals surface area contributed by atoms with E-state index in [-0.39, 0.29) is 17.4 Å². The van der Waals surface area contributed by atoms with Gasteiger partial charge in [0.05, 0.1) is 12.7 Å². The number of hydrogen-bond donors (Lipinski definition) is 0. The van der Waals surface area contributed by atoms with Crippen molar-refractivity contribution < 1.29 is 9.53 Å². The highest BCUT2D eigenvalue weighted by atomic mass is 16.5. The molecule has 0 radical (unpaired) electrons. The number of pyridine rings is 1. The molecule has 0 aliphatic carbocycles. The summed E-state index contributed by atoms with van der Waals surface area (Å²) in [6.45, 7) is 7.43. The van der Waals surface area contributed by atoms with E-state index in [1.54, 1.807) is 12.1 Å². The van der Waals surface area contributed by atoms with Gasteiger partial charge in [-0.2, -0.15) is 0 Å². The van der Waals surface area contributed by atoms with Crippen LogP contribution in [0, 0.1) is 13.8 Å². The van der Waals surface area contributed by atoms with E-state index < -0.39 is 0 Å². The average molecular weight is 335 g/mol. The first kappa shape index (κ1) is 18.7. The molecule has 1 aromatic rings. The van der Waals surface area contributed by atoms with Crippen LogP contribution in [0.3, 0.4) is 0 Å². The number of morpholine rings is 1. The summed E-state index contributed by atoms with van der Waals surface area (Å²) in [6.07, 6.45) is 1.40. The summed E-state index contributed by atoms with van der Waals surface area (Å²) >= 11 is 0. The van der Waals surface area contributed by atoms with Gasteiger partial charge in [0.1, 0.15) is 0 Å². The van der Waals surface area contributed by atoms with Crippen LogP contribution in [0.5, 0.6) is 0 Å². The number of rotatable bonds is 6. The van der Waals surface area contributed by atoms with Gasteiger partial charge in [-0.25, -0.2) is 0 Å². The van der Waals surface area contributed by atoms with Crippen molar-refractivity contribution in [3.05, 3.63) is 33.7 Å². The van der Waals surface area contributed by atoms with Gasteiger partial charge >= 0.3 is 0 Å². The molecule has 0 saturated carbocycles. The molecular formula is C18H29N3O3. The minimum Gasteiger partial charge on any atom is -0.373 e. The first-order valence-corrected chi connectivity index (χ1v) is 8.59. The number of likely N-dealkylation sites (N-methyl/N-ethyl adjacent to an activating group) is 1. The highest BCUT2D eigenvalue weighted by Crippen LogP contribution is 2.10. The summed E-state index contributed by atoms with van der Waals surface area (Å²) in [5.74, 6) is 0.193. The average Bonchev–Trinajstić information content (AvgIpc) is 2.49. The number of carbonyl (C=O) groups is 1. The number of aromatic nitrogens is 1. The number of ether oxygens (including phenoxy) is 1. The topological polar surface area (TPSA) is 54.8 Å². The summed E-state index contributed by atoms with van der Waals surface area (Å²) in [5, 5.41) is 0. The molecule has 24 heavy (non-hydrogen) atoms. The van der Waals surface area contributed by atoms with Crippen LogP contribution < -0.4 is 5.43 Å². The van der Waals surface area contributed by atoms with Crippen molar-refractivity contribution in [2.24, 2.45) is 0 Å². The molecular weight excluding hydrogens is 306 g/mol. The second-order valence-electron chi connectivity index (χ2n) is 6.82. The highest BCUT2D eigenvalue weighted by Gasteiger charge is 2.24. The van der Waals surface area contributed by atoms with Gasteiger partial charge in [0, 0.05) is 56.1 Å². The van der Waals surface area contributed by atoms with Crippen molar-refractivity contribution in [3.63, 3.8) is 0 Å². The third kappa shape index (κ3) is 5.18. The Bertz CT molecular complexity index is 598. The Morgan fingerprint density at radius 3 is 2.58 bits per heavy atom. The third-order valence-electron chi connectivity index (χ3n) is 4.39. The second kappa shape index (κ2) is 8.44. The predicted octanol–water partition coefficient (Wildman–Crippen LogP) is 1.03. The molecule has 2 rings (SSSR count). The standard InChI is InChI=1S/C18H29N3O3/c1-14-10-16(22)11-15(2)21(14)7-5-6-18(23)20-8-9-24-17(13-20)12-19(3)4/h10-11,17H,5-9,12-13H2,1-4H3. The Morgan fingerprint density at radius 2 is 1.96 bits per heavy atom. The van der Waals surface area contributed by atoms with E-state index in [0.29, 0.717) is 26.1 Å². The Morgan fingerprint density at radius 1 is 1.29 bits per heavy atom. The minimum absolute atomic E-state index is 0.0394. The van der Waals surface area contributed by atoms with E-state index in [2.05, 4.69) is 9.47 Å². The highest BCUT2D eigenvalue weighted by molar-refractivity contribution is 5.76.